The molecule has 0 atom stereocenters. The third kappa shape index (κ3) is 2.24. The molecular formula is C14H22N2O. The topological polar surface area (TPSA) is 32.7 Å². The zero-order chi connectivity index (χ0) is 12.0. The van der Waals surface area contributed by atoms with Crippen LogP contribution in [0.25, 0.3) is 0 Å². The minimum absolute atomic E-state index is 0.247. The minimum atomic E-state index is 0.247. The standard InChI is InChI=1S/C14H22N2O/c1-14(2)7-5-11(6-8-14)16-13(17)9-12(15-16)10-3-4-10/h10-11H,3-9H2,1-2H3. The lowest BCUT2D eigenvalue weighted by Gasteiger charge is -2.36. The van der Waals surface area contributed by atoms with E-state index in [1.807, 2.05) is 5.01 Å². The van der Waals surface area contributed by atoms with Crippen LogP contribution < -0.4 is 0 Å². The molecule has 3 heteroatoms. The van der Waals surface area contributed by atoms with Crippen LogP contribution in [0.4, 0.5) is 0 Å². The highest BCUT2D eigenvalue weighted by Crippen LogP contribution is 2.39. The molecule has 2 fully saturated rings. The van der Waals surface area contributed by atoms with Crippen LogP contribution in [0.2, 0.25) is 0 Å². The molecule has 94 valence electrons. The summed E-state index contributed by atoms with van der Waals surface area (Å²) in [6.45, 7) is 4.65. The SMILES string of the molecule is CC1(C)CCC(N2N=C(C3CC3)CC2=O)CC1. The highest BCUT2D eigenvalue weighted by Gasteiger charge is 2.39. The second-order valence-electron chi connectivity index (χ2n) is 6.68. The second-order valence-corrected chi connectivity index (χ2v) is 6.68. The van der Waals surface area contributed by atoms with Crippen molar-refractivity contribution in [3.63, 3.8) is 0 Å². The highest BCUT2D eigenvalue weighted by atomic mass is 16.2. The van der Waals surface area contributed by atoms with Crippen LogP contribution in [0.15, 0.2) is 5.10 Å². The second kappa shape index (κ2) is 3.82. The first kappa shape index (κ1) is 11.2. The molecule has 0 aromatic rings. The zero-order valence-corrected chi connectivity index (χ0v) is 10.9. The molecule has 3 aliphatic rings. The summed E-state index contributed by atoms with van der Waals surface area (Å²) in [6, 6.07) is 0.381. The Labute approximate surface area is 103 Å². The van der Waals surface area contributed by atoms with Crippen molar-refractivity contribution < 1.29 is 4.79 Å². The first-order valence-electron chi connectivity index (χ1n) is 6.95. The summed E-state index contributed by atoms with van der Waals surface area (Å²) in [5.74, 6) is 0.889. The maximum absolute atomic E-state index is 12.0. The first-order valence-corrected chi connectivity index (χ1v) is 6.95. The number of amides is 1. The van der Waals surface area contributed by atoms with E-state index in [-0.39, 0.29) is 5.91 Å². The van der Waals surface area contributed by atoms with Gasteiger partial charge < -0.3 is 0 Å². The molecule has 0 unspecified atom stereocenters. The number of hydrogen-bond acceptors (Lipinski definition) is 2. The molecule has 0 spiro atoms. The Morgan fingerprint density at radius 3 is 2.41 bits per heavy atom. The van der Waals surface area contributed by atoms with Crippen LogP contribution in [-0.4, -0.2) is 22.7 Å². The predicted molar refractivity (Wildman–Crippen MR) is 67.7 cm³/mol. The van der Waals surface area contributed by atoms with E-state index in [4.69, 9.17) is 0 Å². The first-order chi connectivity index (χ1) is 8.05. The number of hydrazone groups is 1. The van der Waals surface area contributed by atoms with Crippen molar-refractivity contribution in [2.45, 2.75) is 64.8 Å². The molecule has 0 bridgehead atoms. The van der Waals surface area contributed by atoms with Gasteiger partial charge in [-0.25, -0.2) is 5.01 Å². The summed E-state index contributed by atoms with van der Waals surface area (Å²) in [6.07, 6.45) is 7.78. The Morgan fingerprint density at radius 2 is 1.82 bits per heavy atom. The van der Waals surface area contributed by atoms with Gasteiger partial charge in [-0.15, -0.1) is 0 Å². The van der Waals surface area contributed by atoms with Crippen LogP contribution in [0.5, 0.6) is 0 Å². The van der Waals surface area contributed by atoms with Gasteiger partial charge in [0.15, 0.2) is 0 Å². The average molecular weight is 234 g/mol. The van der Waals surface area contributed by atoms with Gasteiger partial charge in [-0.05, 0) is 49.9 Å². The normalized spacial score (nSPS) is 29.6. The summed E-state index contributed by atoms with van der Waals surface area (Å²) in [4.78, 5) is 12.0. The van der Waals surface area contributed by atoms with E-state index < -0.39 is 0 Å². The van der Waals surface area contributed by atoms with E-state index in [0.717, 1.165) is 12.8 Å². The van der Waals surface area contributed by atoms with E-state index in [1.165, 1.54) is 31.4 Å². The van der Waals surface area contributed by atoms with Gasteiger partial charge in [-0.3, -0.25) is 4.79 Å². The van der Waals surface area contributed by atoms with E-state index in [2.05, 4.69) is 18.9 Å². The lowest BCUT2D eigenvalue weighted by atomic mass is 9.75. The molecule has 2 aliphatic carbocycles. The van der Waals surface area contributed by atoms with E-state index in [1.54, 1.807) is 0 Å². The molecule has 3 rings (SSSR count). The maximum atomic E-state index is 12.0. The smallest absolute Gasteiger partial charge is 0.248 e. The quantitative estimate of drug-likeness (QED) is 0.723. The summed E-state index contributed by atoms with van der Waals surface area (Å²) >= 11 is 0. The summed E-state index contributed by atoms with van der Waals surface area (Å²) in [5, 5.41) is 6.43. The van der Waals surface area contributed by atoms with Gasteiger partial charge in [0.2, 0.25) is 5.91 Å². The van der Waals surface area contributed by atoms with Gasteiger partial charge in [-0.2, -0.15) is 5.10 Å². The molecule has 0 saturated heterocycles. The Morgan fingerprint density at radius 1 is 1.18 bits per heavy atom. The fourth-order valence-corrected chi connectivity index (χ4v) is 3.02. The van der Waals surface area contributed by atoms with E-state index in [9.17, 15) is 4.79 Å². The predicted octanol–water partition coefficient (Wildman–Crippen LogP) is 2.95. The molecule has 1 heterocycles. The number of rotatable bonds is 2. The van der Waals surface area contributed by atoms with Crippen molar-refractivity contribution in [1.29, 1.82) is 0 Å². The number of hydrogen-bond donors (Lipinski definition) is 0. The van der Waals surface area contributed by atoms with Gasteiger partial charge >= 0.3 is 0 Å². The van der Waals surface area contributed by atoms with Crippen molar-refractivity contribution in [3.8, 4) is 0 Å². The van der Waals surface area contributed by atoms with E-state index >= 15 is 0 Å². The minimum Gasteiger partial charge on any atom is -0.273 e. The third-order valence-corrected chi connectivity index (χ3v) is 4.53. The van der Waals surface area contributed by atoms with Crippen molar-refractivity contribution in [2.24, 2.45) is 16.4 Å². The van der Waals surface area contributed by atoms with Crippen LogP contribution in [0.3, 0.4) is 0 Å². The lowest BCUT2D eigenvalue weighted by Crippen LogP contribution is -2.37. The molecule has 1 amide bonds. The molecule has 0 radical (unpaired) electrons. The summed E-state index contributed by atoms with van der Waals surface area (Å²) < 4.78 is 0. The van der Waals surface area contributed by atoms with Gasteiger partial charge in [0.05, 0.1) is 18.2 Å². The maximum Gasteiger partial charge on any atom is 0.248 e. The van der Waals surface area contributed by atoms with Crippen LogP contribution in [-0.2, 0) is 4.79 Å². The molecule has 2 saturated carbocycles. The van der Waals surface area contributed by atoms with Crippen LogP contribution in [0, 0.1) is 11.3 Å². The van der Waals surface area contributed by atoms with E-state index in [0.29, 0.717) is 23.8 Å². The summed E-state index contributed by atoms with van der Waals surface area (Å²) in [5.41, 5.74) is 1.63. The molecule has 0 aromatic heterocycles. The number of carbonyl (C=O) groups excluding carboxylic acids is 1. The largest absolute Gasteiger partial charge is 0.273 e. The van der Waals surface area contributed by atoms with Crippen LogP contribution >= 0.6 is 0 Å². The monoisotopic (exact) mass is 234 g/mol. The summed E-state index contributed by atoms with van der Waals surface area (Å²) in [7, 11) is 0. The Bertz CT molecular complexity index is 358. The van der Waals surface area contributed by atoms with Crippen molar-refractivity contribution in [3.05, 3.63) is 0 Å². The fourth-order valence-electron chi connectivity index (χ4n) is 3.02. The molecule has 17 heavy (non-hydrogen) atoms. The van der Waals surface area contributed by atoms with Crippen molar-refractivity contribution in [1.82, 2.24) is 5.01 Å². The number of nitrogens with zero attached hydrogens (tertiary/aromatic N) is 2. The third-order valence-electron chi connectivity index (χ3n) is 4.53. The molecule has 0 N–H and O–H groups in total. The highest BCUT2D eigenvalue weighted by molar-refractivity contribution is 6.06. The van der Waals surface area contributed by atoms with Crippen LogP contribution in [0.1, 0.15) is 58.8 Å². The molecular weight excluding hydrogens is 212 g/mol. The van der Waals surface area contributed by atoms with Crippen molar-refractivity contribution in [2.75, 3.05) is 0 Å². The lowest BCUT2D eigenvalue weighted by molar-refractivity contribution is -0.131. The van der Waals surface area contributed by atoms with Crippen molar-refractivity contribution >= 4 is 11.6 Å². The molecule has 3 nitrogen and oxygen atoms in total. The zero-order valence-electron chi connectivity index (χ0n) is 10.9. The molecule has 1 aliphatic heterocycles. The Kier molecular flexibility index (Phi) is 2.53. The average Bonchev–Trinajstić information content (AvgIpc) is 3.04. The van der Waals surface area contributed by atoms with Gasteiger partial charge in [0.25, 0.3) is 0 Å². The Balaban J connectivity index is 1.66. The Hall–Kier alpha value is -0.860. The van der Waals surface area contributed by atoms with Gasteiger partial charge in [0.1, 0.15) is 0 Å². The van der Waals surface area contributed by atoms with Gasteiger partial charge in [-0.1, -0.05) is 13.8 Å². The molecule has 0 aromatic carbocycles. The fraction of sp³-hybridized carbons (Fsp3) is 0.857. The number of carbonyl (C=O) groups is 1. The van der Waals surface area contributed by atoms with Gasteiger partial charge in [0, 0.05) is 0 Å².